The molecule has 23 heavy (non-hydrogen) atoms. The van der Waals surface area contributed by atoms with E-state index in [9.17, 15) is 13.2 Å². The van der Waals surface area contributed by atoms with E-state index in [1.54, 1.807) is 18.2 Å². The van der Waals surface area contributed by atoms with Gasteiger partial charge >= 0.3 is 5.97 Å². The monoisotopic (exact) mass is 398 g/mol. The predicted molar refractivity (Wildman–Crippen MR) is 83.7 cm³/mol. The first-order valence-electron chi connectivity index (χ1n) is 6.42. The summed E-state index contributed by atoms with van der Waals surface area (Å²) in [6.45, 7) is 0. The fraction of sp³-hybridized carbons (Fsp3) is 0.214. The molecule has 120 valence electrons. The zero-order chi connectivity index (χ0) is 16.8. The molecule has 1 unspecified atom stereocenters. The number of hydrogen-bond donors (Lipinski definition) is 0. The van der Waals surface area contributed by atoms with Crippen molar-refractivity contribution in [3.05, 3.63) is 34.4 Å². The van der Waals surface area contributed by atoms with E-state index in [4.69, 9.17) is 9.47 Å². The molecule has 0 aliphatic carbocycles. The molecular formula is C14H11BrN2O5S. The minimum atomic E-state index is -3.58. The van der Waals surface area contributed by atoms with Crippen LogP contribution in [-0.2, 0) is 19.4 Å². The molecule has 0 spiro atoms. The van der Waals surface area contributed by atoms with Crippen molar-refractivity contribution in [2.45, 2.75) is 11.3 Å². The molecule has 2 aromatic rings. The minimum Gasteiger partial charge on any atom is -0.473 e. The third-order valence-corrected chi connectivity index (χ3v) is 4.62. The van der Waals surface area contributed by atoms with Gasteiger partial charge in [-0.1, -0.05) is 15.9 Å². The van der Waals surface area contributed by atoms with Crippen LogP contribution in [0.15, 0.2) is 34.0 Å². The summed E-state index contributed by atoms with van der Waals surface area (Å²) >= 11 is 3.35. The van der Waals surface area contributed by atoms with E-state index < -0.39 is 21.9 Å². The number of carbonyl (C=O) groups is 1. The van der Waals surface area contributed by atoms with Crippen molar-refractivity contribution in [1.29, 1.82) is 0 Å². The predicted octanol–water partition coefficient (Wildman–Crippen LogP) is 1.92. The van der Waals surface area contributed by atoms with Gasteiger partial charge in [-0.05, 0) is 18.2 Å². The Morgan fingerprint density at radius 2 is 2.13 bits per heavy atom. The first-order valence-corrected chi connectivity index (χ1v) is 9.11. The summed E-state index contributed by atoms with van der Waals surface area (Å²) in [6, 6.07) is 5.15. The Balaban J connectivity index is 2.28. The van der Waals surface area contributed by atoms with Crippen LogP contribution in [0.1, 0.15) is 11.7 Å². The van der Waals surface area contributed by atoms with Gasteiger partial charge in [0.05, 0.1) is 12.8 Å². The second-order valence-electron chi connectivity index (χ2n) is 4.89. The Morgan fingerprint density at radius 3 is 2.78 bits per heavy atom. The van der Waals surface area contributed by atoms with Gasteiger partial charge in [-0.2, -0.15) is 0 Å². The van der Waals surface area contributed by atoms with Crippen molar-refractivity contribution in [2.75, 3.05) is 13.4 Å². The number of fused-ring (bicyclic) bond motifs is 3. The summed E-state index contributed by atoms with van der Waals surface area (Å²) in [6.07, 6.45) is 1.26. The number of methoxy groups -OCH3 is 1. The third-order valence-electron chi connectivity index (χ3n) is 3.27. The lowest BCUT2D eigenvalue weighted by molar-refractivity contribution is -0.149. The summed E-state index contributed by atoms with van der Waals surface area (Å²) in [7, 11) is -2.34. The number of carbonyl (C=O) groups excluding carboxylic acids is 1. The van der Waals surface area contributed by atoms with Crippen molar-refractivity contribution in [1.82, 2.24) is 9.97 Å². The van der Waals surface area contributed by atoms with Gasteiger partial charge in [0.15, 0.2) is 0 Å². The zero-order valence-corrected chi connectivity index (χ0v) is 14.5. The molecule has 7 nitrogen and oxygen atoms in total. The molecule has 0 amide bonds. The number of rotatable bonds is 2. The number of halogens is 1. The van der Waals surface area contributed by atoms with Gasteiger partial charge in [0, 0.05) is 28.1 Å². The number of hydrogen-bond acceptors (Lipinski definition) is 7. The van der Waals surface area contributed by atoms with Crippen LogP contribution in [0.5, 0.6) is 5.75 Å². The molecule has 1 aliphatic heterocycles. The molecule has 1 aromatic carbocycles. The molecule has 2 heterocycles. The molecule has 0 saturated heterocycles. The first kappa shape index (κ1) is 15.9. The van der Waals surface area contributed by atoms with Crippen molar-refractivity contribution >= 4 is 31.7 Å². The van der Waals surface area contributed by atoms with Gasteiger partial charge in [-0.15, -0.1) is 0 Å². The maximum Gasteiger partial charge on any atom is 0.351 e. The quantitative estimate of drug-likeness (QED) is 0.562. The van der Waals surface area contributed by atoms with Gasteiger partial charge in [0.1, 0.15) is 5.75 Å². The Bertz CT molecular complexity index is 913. The van der Waals surface area contributed by atoms with E-state index >= 15 is 0 Å². The van der Waals surface area contributed by atoms with Crippen LogP contribution >= 0.6 is 15.9 Å². The number of esters is 1. The molecule has 0 radical (unpaired) electrons. The molecule has 9 heteroatoms. The number of nitrogens with zero attached hydrogens (tertiary/aromatic N) is 2. The summed E-state index contributed by atoms with van der Waals surface area (Å²) in [5.41, 5.74) is 1.26. The lowest BCUT2D eigenvalue weighted by atomic mass is 9.99. The molecule has 0 N–H and O–H groups in total. The topological polar surface area (TPSA) is 95.5 Å². The maximum atomic E-state index is 12.0. The van der Waals surface area contributed by atoms with E-state index in [0.717, 1.165) is 10.7 Å². The molecule has 0 saturated carbocycles. The van der Waals surface area contributed by atoms with E-state index in [-0.39, 0.29) is 5.16 Å². The summed E-state index contributed by atoms with van der Waals surface area (Å²) in [4.78, 5) is 19.9. The van der Waals surface area contributed by atoms with Crippen LogP contribution in [-0.4, -0.2) is 37.7 Å². The largest absolute Gasteiger partial charge is 0.473 e. The highest BCUT2D eigenvalue weighted by molar-refractivity contribution is 9.10. The number of benzene rings is 1. The summed E-state index contributed by atoms with van der Waals surface area (Å²) < 4.78 is 34.6. The highest BCUT2D eigenvalue weighted by atomic mass is 79.9. The lowest BCUT2D eigenvalue weighted by Crippen LogP contribution is -2.25. The van der Waals surface area contributed by atoms with Gasteiger partial charge in [-0.25, -0.2) is 23.2 Å². The lowest BCUT2D eigenvalue weighted by Gasteiger charge is -2.26. The van der Waals surface area contributed by atoms with Crippen molar-refractivity contribution in [3.8, 4) is 17.0 Å². The Morgan fingerprint density at radius 1 is 1.39 bits per heavy atom. The molecule has 3 rings (SSSR count). The molecule has 1 aliphatic rings. The standard InChI is InChI=1S/C14H11BrN2O5S/c1-21-13(18)12-9-6-16-14(23(2,19)20)17-11(9)8-5-7(15)3-4-10(8)22-12/h3-6,12H,1-2H3. The second kappa shape index (κ2) is 5.57. The highest BCUT2D eigenvalue weighted by Gasteiger charge is 2.34. The highest BCUT2D eigenvalue weighted by Crippen LogP contribution is 2.42. The average molecular weight is 399 g/mol. The SMILES string of the molecule is COC(=O)C1Oc2ccc(Br)cc2-c2nc(S(C)(=O)=O)ncc21. The first-order chi connectivity index (χ1) is 10.8. The van der Waals surface area contributed by atoms with E-state index in [1.165, 1.54) is 13.3 Å². The van der Waals surface area contributed by atoms with Crippen LogP contribution in [0, 0.1) is 0 Å². The van der Waals surface area contributed by atoms with E-state index in [2.05, 4.69) is 25.9 Å². The normalized spacial score (nSPS) is 16.0. The van der Waals surface area contributed by atoms with Crippen LogP contribution in [0.25, 0.3) is 11.3 Å². The number of sulfone groups is 1. The zero-order valence-electron chi connectivity index (χ0n) is 12.1. The molecule has 1 atom stereocenters. The average Bonchev–Trinajstić information content (AvgIpc) is 2.52. The number of aromatic nitrogens is 2. The van der Waals surface area contributed by atoms with Crippen molar-refractivity contribution in [2.24, 2.45) is 0 Å². The second-order valence-corrected chi connectivity index (χ2v) is 7.72. The van der Waals surface area contributed by atoms with Crippen molar-refractivity contribution < 1.29 is 22.7 Å². The third kappa shape index (κ3) is 2.81. The van der Waals surface area contributed by atoms with Crippen LogP contribution < -0.4 is 4.74 Å². The fourth-order valence-corrected chi connectivity index (χ4v) is 3.09. The molecule has 0 fully saturated rings. The van der Waals surface area contributed by atoms with E-state index in [1.807, 2.05) is 0 Å². The van der Waals surface area contributed by atoms with Crippen LogP contribution in [0.4, 0.5) is 0 Å². The van der Waals surface area contributed by atoms with E-state index in [0.29, 0.717) is 22.6 Å². The van der Waals surface area contributed by atoms with Crippen molar-refractivity contribution in [3.63, 3.8) is 0 Å². The Hall–Kier alpha value is -2.00. The summed E-state index contributed by atoms with van der Waals surface area (Å²) in [5, 5.41) is -0.312. The maximum absolute atomic E-state index is 12.0. The van der Waals surface area contributed by atoms with Crippen LogP contribution in [0.3, 0.4) is 0 Å². The molecule has 1 aromatic heterocycles. The van der Waals surface area contributed by atoms with Gasteiger partial charge in [-0.3, -0.25) is 0 Å². The minimum absolute atomic E-state index is 0.312. The summed E-state index contributed by atoms with van der Waals surface area (Å²) in [5.74, 6) is -0.204. The molecular weight excluding hydrogens is 388 g/mol. The number of ether oxygens (including phenoxy) is 2. The van der Waals surface area contributed by atoms with Crippen LogP contribution in [0.2, 0.25) is 0 Å². The molecule has 0 bridgehead atoms. The van der Waals surface area contributed by atoms with Gasteiger partial charge in [0.2, 0.25) is 21.1 Å². The Labute approximate surface area is 140 Å². The Kier molecular flexibility index (Phi) is 3.85. The smallest absolute Gasteiger partial charge is 0.351 e. The van der Waals surface area contributed by atoms with Gasteiger partial charge in [0.25, 0.3) is 0 Å². The fourth-order valence-electron chi connectivity index (χ4n) is 2.22. The van der Waals surface area contributed by atoms with Gasteiger partial charge < -0.3 is 9.47 Å².